The molecule has 7 heteroatoms. The molecule has 0 saturated heterocycles. The van der Waals surface area contributed by atoms with E-state index in [1.54, 1.807) is 6.26 Å². The molecule has 4 fully saturated rings. The highest BCUT2D eigenvalue weighted by Gasteiger charge is 2.69. The predicted octanol–water partition coefficient (Wildman–Crippen LogP) is 3.46. The van der Waals surface area contributed by atoms with E-state index in [1.807, 2.05) is 19.9 Å². The Hall–Kier alpha value is -1.70. The van der Waals surface area contributed by atoms with Gasteiger partial charge in [0, 0.05) is 17.5 Å². The summed E-state index contributed by atoms with van der Waals surface area (Å²) in [6.07, 6.45) is 8.63. The van der Waals surface area contributed by atoms with Crippen molar-refractivity contribution in [3.8, 4) is 0 Å². The molecule has 0 aliphatic heterocycles. The fourth-order valence-corrected chi connectivity index (χ4v) is 9.05. The maximum Gasteiger partial charge on any atom is 0.335 e. The molecule has 4 aliphatic rings. The van der Waals surface area contributed by atoms with Crippen molar-refractivity contribution >= 4 is 5.91 Å². The van der Waals surface area contributed by atoms with Crippen molar-refractivity contribution in [3.05, 3.63) is 34.4 Å². The molecule has 5 N–H and O–H groups in total. The van der Waals surface area contributed by atoms with Crippen molar-refractivity contribution in [2.24, 2.45) is 34.3 Å². The minimum atomic E-state index is -0.864. The zero-order valence-electron chi connectivity index (χ0n) is 22.3. The Morgan fingerprint density at radius 1 is 1.03 bits per heavy atom. The Morgan fingerprint density at radius 2 is 1.72 bits per heavy atom. The van der Waals surface area contributed by atoms with Crippen molar-refractivity contribution in [2.45, 2.75) is 115 Å². The second kappa shape index (κ2) is 8.67. The summed E-state index contributed by atoms with van der Waals surface area (Å²) >= 11 is 0. The lowest BCUT2D eigenvalue weighted by atomic mass is 9.42. The molecule has 0 radical (unpaired) electrons. The zero-order valence-corrected chi connectivity index (χ0v) is 22.3. The summed E-state index contributed by atoms with van der Waals surface area (Å²) in [7, 11) is 0. The SMILES string of the molecule is CC(C)[C@@H](N)C(=O)N[C@H]1CC[C@]2(C)[C@H]3CC[C@]4(C)[C@@H](c5ccc(=O)oc5)CC[C@]4(O)[C@@H]3CC[C@]2(O)C1. The zero-order chi connectivity index (χ0) is 26.1. The lowest BCUT2D eigenvalue weighted by molar-refractivity contribution is -0.247. The molecule has 0 aromatic carbocycles. The summed E-state index contributed by atoms with van der Waals surface area (Å²) in [5, 5.41) is 27.6. The molecule has 1 amide bonds. The molecule has 1 aromatic rings. The van der Waals surface area contributed by atoms with Crippen LogP contribution in [0.25, 0.3) is 0 Å². The van der Waals surface area contributed by atoms with Crippen LogP contribution in [-0.2, 0) is 4.79 Å². The summed E-state index contributed by atoms with van der Waals surface area (Å²) < 4.78 is 5.19. The molecule has 9 atom stereocenters. The molecule has 4 saturated carbocycles. The number of rotatable bonds is 4. The van der Waals surface area contributed by atoms with Crippen LogP contribution in [0.4, 0.5) is 0 Å². The summed E-state index contributed by atoms with van der Waals surface area (Å²) in [5.41, 5.74) is 4.45. The first kappa shape index (κ1) is 25.9. The highest BCUT2D eigenvalue weighted by molar-refractivity contribution is 5.82. The third kappa shape index (κ3) is 3.64. The van der Waals surface area contributed by atoms with Gasteiger partial charge in [-0.05, 0) is 98.5 Å². The highest BCUT2D eigenvalue weighted by atomic mass is 16.4. The number of carbonyl (C=O) groups excluding carboxylic acids is 1. The van der Waals surface area contributed by atoms with Gasteiger partial charge in [-0.25, -0.2) is 4.79 Å². The Morgan fingerprint density at radius 3 is 2.39 bits per heavy atom. The van der Waals surface area contributed by atoms with Gasteiger partial charge in [-0.1, -0.05) is 27.7 Å². The average Bonchev–Trinajstić information content (AvgIpc) is 3.11. The van der Waals surface area contributed by atoms with Crippen molar-refractivity contribution in [2.75, 3.05) is 0 Å². The molecule has 1 heterocycles. The standard InChI is InChI=1S/C29H44N2O5/c1-17(2)24(30)25(33)31-19-7-11-26(3)21-8-12-27(4)20(18-5-6-23(32)36-16-18)10-14-29(27,35)22(21)9-13-28(26,34)15-19/h5-6,16-17,19-22,24,34-35H,7-15,30H2,1-4H3,(H,31,33)/t19-,20+,21-,22+,24+,26+,27+,28-,29-/m0/s1. The number of amides is 1. The second-order valence-corrected chi connectivity index (χ2v) is 13.3. The van der Waals surface area contributed by atoms with Crippen molar-refractivity contribution in [1.29, 1.82) is 0 Å². The van der Waals surface area contributed by atoms with Gasteiger partial charge in [0.2, 0.25) is 5.91 Å². The predicted molar refractivity (Wildman–Crippen MR) is 137 cm³/mol. The quantitative estimate of drug-likeness (QED) is 0.502. The largest absolute Gasteiger partial charge is 0.431 e. The first-order chi connectivity index (χ1) is 16.8. The van der Waals surface area contributed by atoms with E-state index in [9.17, 15) is 19.8 Å². The van der Waals surface area contributed by atoms with Crippen molar-refractivity contribution in [3.63, 3.8) is 0 Å². The van der Waals surface area contributed by atoms with Crippen LogP contribution in [0.2, 0.25) is 0 Å². The van der Waals surface area contributed by atoms with E-state index in [0.717, 1.165) is 50.5 Å². The molecular weight excluding hydrogens is 456 g/mol. The number of hydrogen-bond donors (Lipinski definition) is 4. The van der Waals surface area contributed by atoms with Crippen LogP contribution in [0.5, 0.6) is 0 Å². The summed E-state index contributed by atoms with van der Waals surface area (Å²) in [5.74, 6) is 0.445. The van der Waals surface area contributed by atoms with Crippen LogP contribution < -0.4 is 16.7 Å². The van der Waals surface area contributed by atoms with Gasteiger partial charge in [-0.3, -0.25) is 4.79 Å². The van der Waals surface area contributed by atoms with Crippen LogP contribution >= 0.6 is 0 Å². The average molecular weight is 501 g/mol. The monoisotopic (exact) mass is 500 g/mol. The van der Waals surface area contributed by atoms with Gasteiger partial charge in [-0.15, -0.1) is 0 Å². The van der Waals surface area contributed by atoms with Gasteiger partial charge >= 0.3 is 5.63 Å². The normalized spacial score (nSPS) is 44.9. The molecule has 7 nitrogen and oxygen atoms in total. The van der Waals surface area contributed by atoms with E-state index in [0.29, 0.717) is 12.8 Å². The van der Waals surface area contributed by atoms with E-state index < -0.39 is 17.2 Å². The summed E-state index contributed by atoms with van der Waals surface area (Å²) in [4.78, 5) is 24.1. The summed E-state index contributed by atoms with van der Waals surface area (Å²) in [6, 6.07) is 2.73. The smallest absolute Gasteiger partial charge is 0.335 e. The minimum Gasteiger partial charge on any atom is -0.431 e. The molecule has 5 rings (SSSR count). The maximum absolute atomic E-state index is 12.6. The van der Waals surface area contributed by atoms with Crippen LogP contribution in [-0.4, -0.2) is 39.4 Å². The molecule has 200 valence electrons. The van der Waals surface area contributed by atoms with Crippen molar-refractivity contribution < 1.29 is 19.4 Å². The second-order valence-electron chi connectivity index (χ2n) is 13.3. The fourth-order valence-electron chi connectivity index (χ4n) is 9.05. The van der Waals surface area contributed by atoms with E-state index in [4.69, 9.17) is 10.2 Å². The van der Waals surface area contributed by atoms with Gasteiger partial charge in [0.1, 0.15) is 0 Å². The number of nitrogens with one attached hydrogen (secondary N) is 1. The molecule has 0 unspecified atom stereocenters. The van der Waals surface area contributed by atoms with Crippen molar-refractivity contribution in [1.82, 2.24) is 5.32 Å². The third-order valence-electron chi connectivity index (χ3n) is 11.5. The maximum atomic E-state index is 12.6. The lowest BCUT2D eigenvalue weighted by Gasteiger charge is -2.66. The van der Waals surface area contributed by atoms with E-state index in [-0.39, 0.29) is 52.1 Å². The van der Waals surface area contributed by atoms with Gasteiger partial charge in [0.25, 0.3) is 0 Å². The Bertz CT molecular complexity index is 1050. The van der Waals surface area contributed by atoms with E-state index in [2.05, 4.69) is 19.2 Å². The summed E-state index contributed by atoms with van der Waals surface area (Å²) in [6.45, 7) is 8.34. The molecule has 4 aliphatic carbocycles. The number of aliphatic hydroxyl groups is 2. The van der Waals surface area contributed by atoms with Gasteiger partial charge in [0.05, 0.1) is 23.5 Å². The highest BCUT2D eigenvalue weighted by Crippen LogP contribution is 2.71. The van der Waals surface area contributed by atoms with Crippen LogP contribution in [0.3, 0.4) is 0 Å². The van der Waals surface area contributed by atoms with Crippen LogP contribution in [0.15, 0.2) is 27.6 Å². The Labute approximate surface area is 214 Å². The molecule has 0 bridgehead atoms. The van der Waals surface area contributed by atoms with Crippen LogP contribution in [0, 0.1) is 28.6 Å². The molecular formula is C29H44N2O5. The number of carbonyl (C=O) groups is 1. The first-order valence-corrected chi connectivity index (χ1v) is 13.9. The number of fused-ring (bicyclic) bond motifs is 5. The van der Waals surface area contributed by atoms with Gasteiger partial charge in [0.15, 0.2) is 0 Å². The Kier molecular flexibility index (Phi) is 6.24. The van der Waals surface area contributed by atoms with Gasteiger partial charge in [-0.2, -0.15) is 0 Å². The third-order valence-corrected chi connectivity index (χ3v) is 11.5. The number of nitrogens with two attached hydrogens (primary N) is 1. The fraction of sp³-hybridized carbons (Fsp3) is 0.793. The molecule has 1 aromatic heterocycles. The van der Waals surface area contributed by atoms with Crippen LogP contribution in [0.1, 0.15) is 97.0 Å². The minimum absolute atomic E-state index is 0.0665. The lowest BCUT2D eigenvalue weighted by Crippen LogP contribution is -2.68. The number of hydrogen-bond acceptors (Lipinski definition) is 6. The Balaban J connectivity index is 1.37. The molecule has 36 heavy (non-hydrogen) atoms. The molecule has 0 spiro atoms. The van der Waals surface area contributed by atoms with Gasteiger partial charge < -0.3 is 25.7 Å². The van der Waals surface area contributed by atoms with E-state index in [1.165, 1.54) is 6.07 Å². The topological polar surface area (TPSA) is 126 Å². The van der Waals surface area contributed by atoms with E-state index >= 15 is 0 Å². The first-order valence-electron chi connectivity index (χ1n) is 13.9.